The summed E-state index contributed by atoms with van der Waals surface area (Å²) >= 11 is 3.76. The van der Waals surface area contributed by atoms with Crippen molar-refractivity contribution in [1.29, 1.82) is 0 Å². The fourth-order valence-electron chi connectivity index (χ4n) is 1.87. The van der Waals surface area contributed by atoms with Gasteiger partial charge >= 0.3 is 0 Å². The van der Waals surface area contributed by atoms with Crippen LogP contribution in [0.3, 0.4) is 0 Å². The Labute approximate surface area is 103 Å². The summed E-state index contributed by atoms with van der Waals surface area (Å²) in [6, 6.07) is 0. The van der Waals surface area contributed by atoms with Crippen LogP contribution in [0.1, 0.15) is 45.6 Å². The Bertz CT molecular complexity index is 289. The molecular formula is C11H16FIS. The summed E-state index contributed by atoms with van der Waals surface area (Å²) in [4.78, 5) is 0. The first-order valence-corrected chi connectivity index (χ1v) is 6.94. The van der Waals surface area contributed by atoms with Crippen molar-refractivity contribution in [2.24, 2.45) is 0 Å². The quantitative estimate of drug-likeness (QED) is 0.686. The Hall–Kier alpha value is 0.360. The molecule has 0 saturated carbocycles. The monoisotopic (exact) mass is 326 g/mol. The summed E-state index contributed by atoms with van der Waals surface area (Å²) in [5.74, 6) is -0.0165. The van der Waals surface area contributed by atoms with Crippen LogP contribution in [0.4, 0.5) is 4.39 Å². The van der Waals surface area contributed by atoms with E-state index in [0.29, 0.717) is 0 Å². The highest BCUT2D eigenvalue weighted by Gasteiger charge is 2.30. The SMILES string of the molecule is CCCC(C)(CC)c1c(F)csc1I. The molecule has 0 aromatic carbocycles. The third-order valence-corrected chi connectivity index (χ3v) is 4.92. The van der Waals surface area contributed by atoms with Crippen molar-refractivity contribution < 1.29 is 4.39 Å². The Kier molecular flexibility index (Phi) is 4.37. The minimum Gasteiger partial charge on any atom is -0.206 e. The lowest BCUT2D eigenvalue weighted by atomic mass is 9.78. The molecule has 3 heteroatoms. The van der Waals surface area contributed by atoms with E-state index >= 15 is 0 Å². The summed E-state index contributed by atoms with van der Waals surface area (Å²) in [6.07, 6.45) is 3.17. The molecule has 14 heavy (non-hydrogen) atoms. The van der Waals surface area contributed by atoms with Crippen molar-refractivity contribution in [1.82, 2.24) is 0 Å². The van der Waals surface area contributed by atoms with Crippen LogP contribution in [-0.4, -0.2) is 0 Å². The van der Waals surface area contributed by atoms with Crippen LogP contribution in [0.15, 0.2) is 5.38 Å². The van der Waals surface area contributed by atoms with Crippen molar-refractivity contribution in [3.63, 3.8) is 0 Å². The molecule has 0 bridgehead atoms. The summed E-state index contributed by atoms with van der Waals surface area (Å²) < 4.78 is 14.7. The Morgan fingerprint density at radius 2 is 2.14 bits per heavy atom. The first-order valence-electron chi connectivity index (χ1n) is 4.98. The van der Waals surface area contributed by atoms with E-state index in [4.69, 9.17) is 0 Å². The van der Waals surface area contributed by atoms with Gasteiger partial charge in [-0.2, -0.15) is 0 Å². The number of halogens is 2. The van der Waals surface area contributed by atoms with Crippen molar-refractivity contribution in [2.75, 3.05) is 0 Å². The Morgan fingerprint density at radius 3 is 2.50 bits per heavy atom. The number of hydrogen-bond acceptors (Lipinski definition) is 1. The summed E-state index contributed by atoms with van der Waals surface area (Å²) in [5.41, 5.74) is 0.961. The molecule has 0 saturated heterocycles. The van der Waals surface area contributed by atoms with Crippen LogP contribution in [0.25, 0.3) is 0 Å². The van der Waals surface area contributed by atoms with E-state index in [1.54, 1.807) is 5.38 Å². The summed E-state index contributed by atoms with van der Waals surface area (Å²) in [6.45, 7) is 6.47. The highest BCUT2D eigenvalue weighted by Crippen LogP contribution is 2.39. The summed E-state index contributed by atoms with van der Waals surface area (Å²) in [7, 11) is 0. The molecule has 0 N–H and O–H groups in total. The van der Waals surface area contributed by atoms with Crippen LogP contribution in [-0.2, 0) is 5.41 Å². The van der Waals surface area contributed by atoms with Gasteiger partial charge in [-0.05, 0) is 40.8 Å². The average Bonchev–Trinajstić information content (AvgIpc) is 2.47. The topological polar surface area (TPSA) is 0 Å². The van der Waals surface area contributed by atoms with Crippen molar-refractivity contribution >= 4 is 33.9 Å². The van der Waals surface area contributed by atoms with E-state index in [9.17, 15) is 4.39 Å². The van der Waals surface area contributed by atoms with E-state index in [1.165, 1.54) is 11.3 Å². The van der Waals surface area contributed by atoms with Crippen LogP contribution in [0.2, 0.25) is 0 Å². The first kappa shape index (κ1) is 12.4. The fraction of sp³-hybridized carbons (Fsp3) is 0.636. The normalized spacial score (nSPS) is 15.5. The molecule has 0 aliphatic carbocycles. The van der Waals surface area contributed by atoms with E-state index in [2.05, 4.69) is 43.4 Å². The van der Waals surface area contributed by atoms with Gasteiger partial charge in [-0.3, -0.25) is 0 Å². The average molecular weight is 326 g/mol. The second kappa shape index (κ2) is 4.92. The van der Waals surface area contributed by atoms with Gasteiger partial charge in [0.05, 0.1) is 2.88 Å². The zero-order valence-electron chi connectivity index (χ0n) is 8.86. The molecule has 1 aromatic rings. The smallest absolute Gasteiger partial charge is 0.138 e. The van der Waals surface area contributed by atoms with Crippen molar-refractivity contribution in [3.8, 4) is 0 Å². The second-order valence-electron chi connectivity index (χ2n) is 3.90. The number of rotatable bonds is 4. The highest BCUT2D eigenvalue weighted by molar-refractivity contribution is 14.1. The van der Waals surface area contributed by atoms with Gasteiger partial charge in [-0.15, -0.1) is 11.3 Å². The molecule has 1 atom stereocenters. The Balaban J connectivity index is 3.11. The Morgan fingerprint density at radius 1 is 1.50 bits per heavy atom. The van der Waals surface area contributed by atoms with Crippen LogP contribution < -0.4 is 0 Å². The van der Waals surface area contributed by atoms with Gasteiger partial charge in [0, 0.05) is 10.9 Å². The molecular weight excluding hydrogens is 310 g/mol. The zero-order chi connectivity index (χ0) is 10.8. The molecule has 0 radical (unpaired) electrons. The summed E-state index contributed by atoms with van der Waals surface area (Å²) in [5, 5.41) is 1.63. The molecule has 1 unspecified atom stereocenters. The lowest BCUT2D eigenvalue weighted by molar-refractivity contribution is 0.394. The lowest BCUT2D eigenvalue weighted by Gasteiger charge is -2.28. The predicted octanol–water partition coefficient (Wildman–Crippen LogP) is 4.96. The van der Waals surface area contributed by atoms with Gasteiger partial charge in [0.25, 0.3) is 0 Å². The maximum Gasteiger partial charge on any atom is 0.138 e. The third-order valence-electron chi connectivity index (χ3n) is 2.89. The molecule has 0 aliphatic heterocycles. The standard InChI is InChI=1S/C11H16FIS/c1-4-6-11(3,5-2)9-8(12)7-14-10(9)13/h7H,4-6H2,1-3H3. The molecule has 0 aliphatic rings. The second-order valence-corrected chi connectivity index (χ2v) is 6.59. The number of thiophene rings is 1. The molecule has 1 heterocycles. The molecule has 1 aromatic heterocycles. The maximum atomic E-state index is 13.6. The molecule has 80 valence electrons. The third kappa shape index (κ3) is 2.30. The van der Waals surface area contributed by atoms with Gasteiger partial charge in [-0.25, -0.2) is 4.39 Å². The van der Waals surface area contributed by atoms with Crippen LogP contribution in [0.5, 0.6) is 0 Å². The zero-order valence-corrected chi connectivity index (χ0v) is 11.8. The minimum absolute atomic E-state index is 0.0165. The molecule has 0 spiro atoms. The van der Waals surface area contributed by atoms with E-state index < -0.39 is 0 Å². The highest BCUT2D eigenvalue weighted by atomic mass is 127. The minimum atomic E-state index is -0.0165. The fourth-order valence-corrected chi connectivity index (χ4v) is 3.95. The van der Waals surface area contributed by atoms with Gasteiger partial charge in [-0.1, -0.05) is 27.2 Å². The van der Waals surface area contributed by atoms with Crippen LogP contribution in [0, 0.1) is 8.70 Å². The molecule has 0 nitrogen and oxygen atoms in total. The van der Waals surface area contributed by atoms with E-state index in [1.807, 2.05) is 0 Å². The van der Waals surface area contributed by atoms with Crippen molar-refractivity contribution in [3.05, 3.63) is 19.6 Å². The van der Waals surface area contributed by atoms with Gasteiger partial charge in [0.15, 0.2) is 0 Å². The van der Waals surface area contributed by atoms with E-state index in [0.717, 1.165) is 27.7 Å². The van der Waals surface area contributed by atoms with E-state index in [-0.39, 0.29) is 11.2 Å². The number of hydrogen-bond donors (Lipinski definition) is 0. The van der Waals surface area contributed by atoms with Gasteiger partial charge in [0.1, 0.15) is 5.82 Å². The van der Waals surface area contributed by atoms with Crippen LogP contribution >= 0.6 is 33.9 Å². The van der Waals surface area contributed by atoms with Gasteiger partial charge in [0.2, 0.25) is 0 Å². The maximum absolute atomic E-state index is 13.6. The molecule has 0 fully saturated rings. The van der Waals surface area contributed by atoms with Crippen molar-refractivity contribution in [2.45, 2.75) is 45.4 Å². The largest absolute Gasteiger partial charge is 0.206 e. The predicted molar refractivity (Wildman–Crippen MR) is 69.5 cm³/mol. The molecule has 0 amide bonds. The van der Waals surface area contributed by atoms with Gasteiger partial charge < -0.3 is 0 Å². The molecule has 1 rings (SSSR count). The lowest BCUT2D eigenvalue weighted by Crippen LogP contribution is -2.22. The first-order chi connectivity index (χ1) is 6.55.